The zero-order valence-electron chi connectivity index (χ0n) is 11.6. The van der Waals surface area contributed by atoms with Gasteiger partial charge in [0.2, 0.25) is 0 Å². The van der Waals surface area contributed by atoms with Crippen LogP contribution < -0.4 is 4.74 Å². The molecule has 104 valence electrons. The maximum absolute atomic E-state index is 11.3. The van der Waals surface area contributed by atoms with Gasteiger partial charge in [-0.2, -0.15) is 0 Å². The number of ether oxygens (including phenoxy) is 1. The largest absolute Gasteiger partial charge is 0.497 e. The van der Waals surface area contributed by atoms with Crippen LogP contribution in [0.3, 0.4) is 0 Å². The van der Waals surface area contributed by atoms with Crippen LogP contribution in [0, 0.1) is 13.8 Å². The van der Waals surface area contributed by atoms with Crippen LogP contribution in [0.5, 0.6) is 5.75 Å². The van der Waals surface area contributed by atoms with Gasteiger partial charge in [-0.05, 0) is 43.7 Å². The van der Waals surface area contributed by atoms with Crippen molar-refractivity contribution in [1.29, 1.82) is 0 Å². The van der Waals surface area contributed by atoms with Gasteiger partial charge < -0.3 is 9.84 Å². The van der Waals surface area contributed by atoms with E-state index < -0.39 is 5.97 Å². The Labute approximate surface area is 122 Å². The second kappa shape index (κ2) is 6.01. The van der Waals surface area contributed by atoms with Gasteiger partial charge in [-0.1, -0.05) is 29.5 Å². The average molecular weight is 288 g/mol. The van der Waals surface area contributed by atoms with Crippen molar-refractivity contribution in [2.24, 2.45) is 0 Å². The minimum Gasteiger partial charge on any atom is -0.497 e. The van der Waals surface area contributed by atoms with Crippen LogP contribution in [0.15, 0.2) is 46.2 Å². The van der Waals surface area contributed by atoms with Gasteiger partial charge in [0.1, 0.15) is 5.75 Å². The van der Waals surface area contributed by atoms with Crippen LogP contribution in [0.1, 0.15) is 21.5 Å². The first-order valence-corrected chi connectivity index (χ1v) is 6.99. The zero-order valence-corrected chi connectivity index (χ0v) is 12.5. The van der Waals surface area contributed by atoms with E-state index >= 15 is 0 Å². The highest BCUT2D eigenvalue weighted by atomic mass is 32.2. The molecule has 2 aromatic carbocycles. The molecule has 0 saturated heterocycles. The van der Waals surface area contributed by atoms with Crippen molar-refractivity contribution in [2.75, 3.05) is 7.11 Å². The fourth-order valence-electron chi connectivity index (χ4n) is 1.92. The summed E-state index contributed by atoms with van der Waals surface area (Å²) in [7, 11) is 1.57. The van der Waals surface area contributed by atoms with Crippen LogP contribution in [0.4, 0.5) is 0 Å². The first-order chi connectivity index (χ1) is 9.51. The molecule has 0 atom stereocenters. The normalized spacial score (nSPS) is 10.3. The lowest BCUT2D eigenvalue weighted by molar-refractivity contribution is 0.0693. The molecule has 0 saturated carbocycles. The Morgan fingerprint density at radius 2 is 1.85 bits per heavy atom. The molecule has 0 amide bonds. The zero-order chi connectivity index (χ0) is 14.7. The molecule has 0 radical (unpaired) electrons. The highest BCUT2D eigenvalue weighted by Crippen LogP contribution is 2.35. The molecule has 1 N–H and O–H groups in total. The Morgan fingerprint density at radius 1 is 1.10 bits per heavy atom. The molecule has 4 heteroatoms. The van der Waals surface area contributed by atoms with Gasteiger partial charge in [-0.15, -0.1) is 0 Å². The van der Waals surface area contributed by atoms with Crippen molar-refractivity contribution >= 4 is 17.7 Å². The number of carbonyl (C=O) groups is 1. The predicted molar refractivity (Wildman–Crippen MR) is 80.0 cm³/mol. The van der Waals surface area contributed by atoms with E-state index in [1.165, 1.54) is 17.3 Å². The summed E-state index contributed by atoms with van der Waals surface area (Å²) in [6.45, 7) is 4.06. The molecule has 0 fully saturated rings. The molecule has 3 nitrogen and oxygen atoms in total. The third-order valence-corrected chi connectivity index (χ3v) is 4.21. The van der Waals surface area contributed by atoms with E-state index in [-0.39, 0.29) is 5.56 Å². The van der Waals surface area contributed by atoms with Gasteiger partial charge in [0.15, 0.2) is 0 Å². The van der Waals surface area contributed by atoms with Gasteiger partial charge >= 0.3 is 5.97 Å². The van der Waals surface area contributed by atoms with Crippen molar-refractivity contribution in [1.82, 2.24) is 0 Å². The van der Waals surface area contributed by atoms with Crippen LogP contribution in [0.2, 0.25) is 0 Å². The highest BCUT2D eigenvalue weighted by Gasteiger charge is 2.13. The average Bonchev–Trinajstić information content (AvgIpc) is 2.41. The molecule has 20 heavy (non-hydrogen) atoms. The fraction of sp³-hybridized carbons (Fsp3) is 0.188. The Bertz CT molecular complexity index is 650. The summed E-state index contributed by atoms with van der Waals surface area (Å²) in [5.41, 5.74) is 2.61. The first-order valence-electron chi connectivity index (χ1n) is 6.17. The number of aromatic carboxylic acids is 1. The summed E-state index contributed by atoms with van der Waals surface area (Å²) >= 11 is 1.45. The number of carboxylic acids is 1. The monoisotopic (exact) mass is 288 g/mol. The number of rotatable bonds is 4. The molecular weight excluding hydrogens is 272 g/mol. The van der Waals surface area contributed by atoms with Gasteiger partial charge in [-0.3, -0.25) is 0 Å². The van der Waals surface area contributed by atoms with Crippen LogP contribution in [0.25, 0.3) is 0 Å². The summed E-state index contributed by atoms with van der Waals surface area (Å²) < 4.78 is 5.17. The standard InChI is InChI=1S/C16H16O3S/c1-10-4-7-14(11(2)8-10)20-15-9-12(19-3)5-6-13(15)16(17)18/h4-9H,1-3H3,(H,17,18). The van der Waals surface area contributed by atoms with E-state index in [4.69, 9.17) is 4.74 Å². The summed E-state index contributed by atoms with van der Waals surface area (Å²) in [6.07, 6.45) is 0. The molecule has 0 bridgehead atoms. The summed E-state index contributed by atoms with van der Waals surface area (Å²) in [5.74, 6) is -0.276. The van der Waals surface area contributed by atoms with Crippen molar-refractivity contribution in [3.63, 3.8) is 0 Å². The van der Waals surface area contributed by atoms with E-state index in [0.29, 0.717) is 10.6 Å². The number of methoxy groups -OCH3 is 1. The minimum absolute atomic E-state index is 0.288. The lowest BCUT2D eigenvalue weighted by Crippen LogP contribution is -1.99. The van der Waals surface area contributed by atoms with E-state index in [2.05, 4.69) is 6.07 Å². The second-order valence-corrected chi connectivity index (χ2v) is 5.62. The number of hydrogen-bond donors (Lipinski definition) is 1. The van der Waals surface area contributed by atoms with E-state index in [9.17, 15) is 9.90 Å². The lowest BCUT2D eigenvalue weighted by Gasteiger charge is -2.10. The quantitative estimate of drug-likeness (QED) is 0.917. The summed E-state index contributed by atoms with van der Waals surface area (Å²) in [4.78, 5) is 13.0. The van der Waals surface area contributed by atoms with E-state index in [0.717, 1.165) is 10.5 Å². The second-order valence-electron chi connectivity index (χ2n) is 4.54. The molecule has 0 unspecified atom stereocenters. The van der Waals surface area contributed by atoms with Gasteiger partial charge in [-0.25, -0.2) is 4.79 Å². The van der Waals surface area contributed by atoms with Gasteiger partial charge in [0, 0.05) is 9.79 Å². The Morgan fingerprint density at radius 3 is 2.45 bits per heavy atom. The molecule has 0 aliphatic heterocycles. The van der Waals surface area contributed by atoms with Gasteiger partial charge in [0.25, 0.3) is 0 Å². The van der Waals surface area contributed by atoms with Crippen molar-refractivity contribution in [3.8, 4) is 5.75 Å². The van der Waals surface area contributed by atoms with Crippen LogP contribution in [-0.4, -0.2) is 18.2 Å². The predicted octanol–water partition coefficient (Wildman–Crippen LogP) is 4.16. The lowest BCUT2D eigenvalue weighted by atomic mass is 10.2. The van der Waals surface area contributed by atoms with E-state index in [1.807, 2.05) is 26.0 Å². The molecular formula is C16H16O3S. The van der Waals surface area contributed by atoms with Crippen LogP contribution >= 0.6 is 11.8 Å². The molecule has 0 aromatic heterocycles. The maximum Gasteiger partial charge on any atom is 0.336 e. The Kier molecular flexibility index (Phi) is 4.35. The van der Waals surface area contributed by atoms with Gasteiger partial charge in [0.05, 0.1) is 12.7 Å². The third-order valence-electron chi connectivity index (χ3n) is 2.97. The first kappa shape index (κ1) is 14.5. The Balaban J connectivity index is 2.43. The van der Waals surface area contributed by atoms with Crippen LogP contribution in [-0.2, 0) is 0 Å². The molecule has 0 aliphatic carbocycles. The topological polar surface area (TPSA) is 46.5 Å². The number of carboxylic acid groups (broad SMARTS) is 1. The molecule has 0 aliphatic rings. The fourth-order valence-corrected chi connectivity index (χ4v) is 2.96. The molecule has 2 aromatic rings. The highest BCUT2D eigenvalue weighted by molar-refractivity contribution is 7.99. The molecule has 0 heterocycles. The maximum atomic E-state index is 11.3. The number of hydrogen-bond acceptors (Lipinski definition) is 3. The van der Waals surface area contributed by atoms with Crippen molar-refractivity contribution < 1.29 is 14.6 Å². The summed E-state index contributed by atoms with van der Waals surface area (Å²) in [5, 5.41) is 9.27. The third kappa shape index (κ3) is 3.14. The van der Waals surface area contributed by atoms with Crippen molar-refractivity contribution in [2.45, 2.75) is 23.6 Å². The smallest absolute Gasteiger partial charge is 0.336 e. The Hall–Kier alpha value is -1.94. The van der Waals surface area contributed by atoms with E-state index in [1.54, 1.807) is 25.3 Å². The number of aryl methyl sites for hydroxylation is 2. The molecule has 0 spiro atoms. The van der Waals surface area contributed by atoms with Crippen molar-refractivity contribution in [3.05, 3.63) is 53.1 Å². The molecule has 2 rings (SSSR count). The SMILES string of the molecule is COc1ccc(C(=O)O)c(Sc2ccc(C)cc2C)c1. The minimum atomic E-state index is -0.931. The number of benzene rings is 2. The summed E-state index contributed by atoms with van der Waals surface area (Å²) in [6, 6.07) is 11.1.